The lowest BCUT2D eigenvalue weighted by Gasteiger charge is -2.13. The lowest BCUT2D eigenvalue weighted by Crippen LogP contribution is -2.36. The molecule has 0 unspecified atom stereocenters. The predicted octanol–water partition coefficient (Wildman–Crippen LogP) is 3.57. The fraction of sp³-hybridized carbons (Fsp3) is 0.333. The maximum absolute atomic E-state index is 12.4. The van der Waals surface area contributed by atoms with Gasteiger partial charge >= 0.3 is 0 Å². The number of aliphatic hydroxyl groups excluding tert-OH is 1. The Balaban J connectivity index is 1.62. The molecule has 0 saturated heterocycles. The average Bonchev–Trinajstić information content (AvgIpc) is 3.37. The van der Waals surface area contributed by atoms with Crippen molar-refractivity contribution in [2.75, 3.05) is 0 Å². The van der Waals surface area contributed by atoms with Crippen molar-refractivity contribution in [2.24, 2.45) is 5.92 Å². The first-order chi connectivity index (χ1) is 14.3. The quantitative estimate of drug-likeness (QED) is 0.595. The van der Waals surface area contributed by atoms with Gasteiger partial charge in [0.05, 0.1) is 22.8 Å². The van der Waals surface area contributed by atoms with Gasteiger partial charge in [-0.2, -0.15) is 10.4 Å². The van der Waals surface area contributed by atoms with Crippen LogP contribution in [0.25, 0.3) is 11.3 Å². The Morgan fingerprint density at radius 2 is 2.10 bits per heavy atom. The zero-order valence-electron chi connectivity index (χ0n) is 16.8. The molecule has 0 bridgehead atoms. The number of hydrogen-bond donors (Lipinski definition) is 2. The molecule has 9 heteroatoms. The number of nitrogens with zero attached hydrogens (tertiary/aromatic N) is 4. The Morgan fingerprint density at radius 3 is 2.77 bits per heavy atom. The number of aromatic nitrogens is 3. The van der Waals surface area contributed by atoms with Gasteiger partial charge in [0.25, 0.3) is 5.91 Å². The molecule has 1 amide bonds. The Kier molecular flexibility index (Phi) is 6.55. The van der Waals surface area contributed by atoms with Crippen molar-refractivity contribution in [1.82, 2.24) is 20.3 Å². The van der Waals surface area contributed by atoms with Crippen LogP contribution in [0.3, 0.4) is 0 Å². The maximum atomic E-state index is 12.4. The molecule has 2 aromatic heterocycles. The number of amides is 1. The zero-order valence-corrected chi connectivity index (χ0v) is 17.6. The van der Waals surface area contributed by atoms with E-state index in [9.17, 15) is 9.90 Å². The monoisotopic (exact) mass is 427 g/mol. The van der Waals surface area contributed by atoms with Gasteiger partial charge in [0.1, 0.15) is 12.2 Å². The number of hydrogen-bond acceptors (Lipinski definition) is 6. The van der Waals surface area contributed by atoms with Crippen LogP contribution < -0.4 is 5.32 Å². The SMILES string of the molecule is CC(C)[C@H](O)c1cc(C(=O)N[C@@H](C)Cn2ccc(-c3ccc(C#N)c(Cl)c3)n2)no1. The topological polar surface area (TPSA) is 117 Å². The summed E-state index contributed by atoms with van der Waals surface area (Å²) in [6.07, 6.45) is 0.992. The van der Waals surface area contributed by atoms with Crippen LogP contribution in [-0.4, -0.2) is 32.0 Å². The fourth-order valence-corrected chi connectivity index (χ4v) is 3.09. The van der Waals surface area contributed by atoms with E-state index in [1.807, 2.05) is 32.9 Å². The minimum absolute atomic E-state index is 0.0483. The van der Waals surface area contributed by atoms with Crippen LogP contribution in [0.2, 0.25) is 5.02 Å². The van der Waals surface area contributed by atoms with Crippen molar-refractivity contribution in [3.05, 3.63) is 58.6 Å². The highest BCUT2D eigenvalue weighted by atomic mass is 35.5. The highest BCUT2D eigenvalue weighted by Gasteiger charge is 2.21. The molecule has 0 saturated carbocycles. The first-order valence-corrected chi connectivity index (χ1v) is 9.85. The smallest absolute Gasteiger partial charge is 0.273 e. The van der Waals surface area contributed by atoms with Gasteiger partial charge in [0, 0.05) is 23.9 Å². The number of benzene rings is 1. The molecule has 1 aromatic carbocycles. The lowest BCUT2D eigenvalue weighted by atomic mass is 10.1. The number of carbonyl (C=O) groups is 1. The molecule has 0 aliphatic heterocycles. The van der Waals surface area contributed by atoms with Crippen LogP contribution in [0, 0.1) is 17.2 Å². The third kappa shape index (κ3) is 4.87. The van der Waals surface area contributed by atoms with E-state index in [4.69, 9.17) is 21.4 Å². The van der Waals surface area contributed by atoms with E-state index in [1.54, 1.807) is 29.1 Å². The number of nitrogens with one attached hydrogen (secondary N) is 1. The van der Waals surface area contributed by atoms with Crippen LogP contribution in [0.1, 0.15) is 48.7 Å². The molecule has 2 heterocycles. The van der Waals surface area contributed by atoms with E-state index in [-0.39, 0.29) is 29.3 Å². The molecule has 3 aromatic rings. The van der Waals surface area contributed by atoms with Crippen molar-refractivity contribution in [2.45, 2.75) is 39.5 Å². The highest BCUT2D eigenvalue weighted by molar-refractivity contribution is 6.32. The first-order valence-electron chi connectivity index (χ1n) is 9.47. The molecule has 0 fully saturated rings. The largest absolute Gasteiger partial charge is 0.385 e. The van der Waals surface area contributed by atoms with E-state index in [0.29, 0.717) is 22.8 Å². The molecule has 156 valence electrons. The fourth-order valence-electron chi connectivity index (χ4n) is 2.87. The van der Waals surface area contributed by atoms with Crippen LogP contribution in [0.15, 0.2) is 41.1 Å². The van der Waals surface area contributed by atoms with Gasteiger partial charge in [-0.05, 0) is 31.0 Å². The number of rotatable bonds is 7. The van der Waals surface area contributed by atoms with Crippen molar-refractivity contribution in [1.29, 1.82) is 5.26 Å². The number of nitriles is 1. The summed E-state index contributed by atoms with van der Waals surface area (Å²) < 4.78 is 6.79. The molecule has 0 spiro atoms. The van der Waals surface area contributed by atoms with Gasteiger partial charge in [-0.3, -0.25) is 9.48 Å². The number of carbonyl (C=O) groups excluding carboxylic acids is 1. The number of halogens is 1. The zero-order chi connectivity index (χ0) is 21.8. The summed E-state index contributed by atoms with van der Waals surface area (Å²) >= 11 is 6.09. The van der Waals surface area contributed by atoms with Crippen LogP contribution >= 0.6 is 11.6 Å². The van der Waals surface area contributed by atoms with Crippen molar-refractivity contribution in [3.8, 4) is 17.3 Å². The van der Waals surface area contributed by atoms with Crippen LogP contribution in [-0.2, 0) is 6.54 Å². The molecule has 2 atom stereocenters. The summed E-state index contributed by atoms with van der Waals surface area (Å²) in [7, 11) is 0. The Hall–Kier alpha value is -3.15. The third-order valence-electron chi connectivity index (χ3n) is 4.55. The van der Waals surface area contributed by atoms with E-state index in [2.05, 4.69) is 15.6 Å². The lowest BCUT2D eigenvalue weighted by molar-refractivity contribution is 0.0908. The molecule has 30 heavy (non-hydrogen) atoms. The van der Waals surface area contributed by atoms with Gasteiger partial charge in [0.2, 0.25) is 0 Å². The predicted molar refractivity (Wildman–Crippen MR) is 111 cm³/mol. The van der Waals surface area contributed by atoms with Gasteiger partial charge in [-0.15, -0.1) is 0 Å². The molecule has 8 nitrogen and oxygen atoms in total. The van der Waals surface area contributed by atoms with Crippen LogP contribution in [0.5, 0.6) is 0 Å². The van der Waals surface area contributed by atoms with E-state index >= 15 is 0 Å². The Bertz CT molecular complexity index is 1080. The summed E-state index contributed by atoms with van der Waals surface area (Å²) in [5, 5.41) is 30.4. The molecule has 0 radical (unpaired) electrons. The van der Waals surface area contributed by atoms with Crippen molar-refractivity contribution in [3.63, 3.8) is 0 Å². The third-order valence-corrected chi connectivity index (χ3v) is 4.86. The van der Waals surface area contributed by atoms with Crippen molar-refractivity contribution >= 4 is 17.5 Å². The molecule has 0 aliphatic carbocycles. The van der Waals surface area contributed by atoms with E-state index in [1.165, 1.54) is 6.07 Å². The summed E-state index contributed by atoms with van der Waals surface area (Å²) in [5.41, 5.74) is 2.04. The normalized spacial score (nSPS) is 13.1. The standard InChI is InChI=1S/C21H22ClN5O3/c1-12(2)20(28)19-9-18(26-30-19)21(29)24-13(3)11-27-7-6-17(25-27)14-4-5-15(10-23)16(22)8-14/h4-9,12-13,20,28H,11H2,1-3H3,(H,24,29)/t13-,20-/m0/s1. The van der Waals surface area contributed by atoms with Gasteiger partial charge in [0.15, 0.2) is 11.5 Å². The minimum Gasteiger partial charge on any atom is -0.385 e. The second-order valence-corrected chi connectivity index (χ2v) is 7.81. The second-order valence-electron chi connectivity index (χ2n) is 7.41. The molecule has 2 N–H and O–H groups in total. The first kappa shape index (κ1) is 21.6. The number of aliphatic hydroxyl groups is 1. The molecule has 3 rings (SSSR count). The second kappa shape index (κ2) is 9.11. The Morgan fingerprint density at radius 1 is 1.33 bits per heavy atom. The maximum Gasteiger partial charge on any atom is 0.273 e. The van der Waals surface area contributed by atoms with Crippen LogP contribution in [0.4, 0.5) is 0 Å². The summed E-state index contributed by atoms with van der Waals surface area (Å²) in [5.74, 6) is -0.173. The summed E-state index contributed by atoms with van der Waals surface area (Å²) in [6.45, 7) is 5.98. The summed E-state index contributed by atoms with van der Waals surface area (Å²) in [6, 6.07) is 10.2. The molecule has 0 aliphatic rings. The molecular weight excluding hydrogens is 406 g/mol. The van der Waals surface area contributed by atoms with Gasteiger partial charge in [-0.1, -0.05) is 36.7 Å². The van der Waals surface area contributed by atoms with Gasteiger partial charge in [-0.25, -0.2) is 0 Å². The minimum atomic E-state index is -0.810. The molecular formula is C21H22ClN5O3. The van der Waals surface area contributed by atoms with E-state index in [0.717, 1.165) is 5.56 Å². The Labute approximate surface area is 179 Å². The van der Waals surface area contributed by atoms with E-state index < -0.39 is 6.10 Å². The summed E-state index contributed by atoms with van der Waals surface area (Å²) in [4.78, 5) is 12.4. The van der Waals surface area contributed by atoms with Crippen molar-refractivity contribution < 1.29 is 14.4 Å². The van der Waals surface area contributed by atoms with Gasteiger partial charge < -0.3 is 14.9 Å². The highest BCUT2D eigenvalue weighted by Crippen LogP contribution is 2.24. The average molecular weight is 428 g/mol.